The monoisotopic (exact) mass is 295 g/mol. The van der Waals surface area contributed by atoms with Crippen LogP contribution in [0.25, 0.3) is 0 Å². The summed E-state index contributed by atoms with van der Waals surface area (Å²) in [6.07, 6.45) is 2.05. The summed E-state index contributed by atoms with van der Waals surface area (Å²) in [4.78, 5) is 0.247. The van der Waals surface area contributed by atoms with E-state index in [-0.39, 0.29) is 4.90 Å². The Kier molecular flexibility index (Phi) is 4.59. The van der Waals surface area contributed by atoms with E-state index < -0.39 is 15.9 Å². The number of furan rings is 1. The topological polar surface area (TPSA) is 79.5 Å². The molecule has 20 heavy (non-hydrogen) atoms. The molecule has 0 aliphatic rings. The van der Waals surface area contributed by atoms with E-state index in [0.29, 0.717) is 18.7 Å². The molecule has 0 aliphatic carbocycles. The van der Waals surface area contributed by atoms with Crippen LogP contribution in [0.4, 0.5) is 0 Å². The molecule has 0 saturated heterocycles. The van der Waals surface area contributed by atoms with E-state index in [1.807, 2.05) is 6.07 Å². The molecule has 108 valence electrons. The van der Waals surface area contributed by atoms with Gasteiger partial charge >= 0.3 is 0 Å². The largest absolute Gasteiger partial charge is 0.468 e. The molecule has 1 atom stereocenters. The maximum Gasteiger partial charge on any atom is 0.175 e. The van der Waals surface area contributed by atoms with Gasteiger partial charge in [0.2, 0.25) is 0 Å². The molecule has 1 aromatic heterocycles. The van der Waals surface area contributed by atoms with Crippen molar-refractivity contribution in [3.05, 3.63) is 54.0 Å². The Morgan fingerprint density at radius 1 is 1.25 bits per heavy atom. The average molecular weight is 295 g/mol. The number of aliphatic hydroxyl groups is 1. The highest BCUT2D eigenvalue weighted by Gasteiger charge is 2.10. The van der Waals surface area contributed by atoms with Crippen LogP contribution in [-0.2, 0) is 16.4 Å². The third-order valence-corrected chi connectivity index (χ3v) is 4.04. The molecule has 1 aromatic carbocycles. The van der Waals surface area contributed by atoms with Crippen LogP contribution in [0.2, 0.25) is 0 Å². The molecule has 2 rings (SSSR count). The zero-order chi connectivity index (χ0) is 14.6. The molecule has 0 radical (unpaired) electrons. The van der Waals surface area contributed by atoms with Crippen molar-refractivity contribution in [2.24, 2.45) is 0 Å². The van der Waals surface area contributed by atoms with Crippen LogP contribution in [0, 0.1) is 0 Å². The first kappa shape index (κ1) is 14.8. The van der Waals surface area contributed by atoms with Crippen molar-refractivity contribution in [2.75, 3.05) is 12.8 Å². The molecule has 2 aromatic rings. The van der Waals surface area contributed by atoms with Gasteiger partial charge in [-0.25, -0.2) is 8.42 Å². The molecule has 6 heteroatoms. The molecule has 0 amide bonds. The van der Waals surface area contributed by atoms with E-state index in [1.54, 1.807) is 24.5 Å². The fourth-order valence-electron chi connectivity index (χ4n) is 1.80. The van der Waals surface area contributed by atoms with Crippen LogP contribution < -0.4 is 5.32 Å². The summed E-state index contributed by atoms with van der Waals surface area (Å²) in [6.45, 7) is 0.893. The Hall–Kier alpha value is -1.63. The predicted molar refractivity (Wildman–Crippen MR) is 74.9 cm³/mol. The maximum absolute atomic E-state index is 11.3. The number of hydrogen-bond donors (Lipinski definition) is 2. The molecule has 2 N–H and O–H groups in total. The lowest BCUT2D eigenvalue weighted by molar-refractivity contribution is 0.173. The summed E-state index contributed by atoms with van der Waals surface area (Å²) in [5.74, 6) is 0.796. The average Bonchev–Trinajstić information content (AvgIpc) is 2.91. The lowest BCUT2D eigenvalue weighted by atomic mass is 10.1. The molecule has 1 heterocycles. The van der Waals surface area contributed by atoms with Crippen LogP contribution in [0.15, 0.2) is 52.0 Å². The summed E-state index contributed by atoms with van der Waals surface area (Å²) in [7, 11) is -3.20. The van der Waals surface area contributed by atoms with Crippen LogP contribution in [0.5, 0.6) is 0 Å². The third kappa shape index (κ3) is 3.93. The Morgan fingerprint density at radius 2 is 1.95 bits per heavy atom. The van der Waals surface area contributed by atoms with Gasteiger partial charge in [-0.2, -0.15) is 0 Å². The number of hydrogen-bond acceptors (Lipinski definition) is 5. The van der Waals surface area contributed by atoms with E-state index >= 15 is 0 Å². The number of benzene rings is 1. The molecular formula is C14H17NO4S. The van der Waals surface area contributed by atoms with Crippen molar-refractivity contribution < 1.29 is 17.9 Å². The van der Waals surface area contributed by atoms with Gasteiger partial charge in [0.05, 0.1) is 23.8 Å². The first-order valence-corrected chi connectivity index (χ1v) is 8.07. The van der Waals surface area contributed by atoms with Crippen LogP contribution >= 0.6 is 0 Å². The standard InChI is InChI=1S/C14H17NO4S/c1-20(17,18)13-6-4-11(5-7-13)14(16)10-15-9-12-3-2-8-19-12/h2-8,14-16H,9-10H2,1H3. The second kappa shape index (κ2) is 6.21. The van der Waals surface area contributed by atoms with Crippen molar-refractivity contribution in [1.29, 1.82) is 0 Å². The second-order valence-electron chi connectivity index (χ2n) is 4.57. The van der Waals surface area contributed by atoms with Crippen LogP contribution in [0.1, 0.15) is 17.4 Å². The van der Waals surface area contributed by atoms with Gasteiger partial charge in [-0.15, -0.1) is 0 Å². The highest BCUT2D eigenvalue weighted by molar-refractivity contribution is 7.90. The Morgan fingerprint density at radius 3 is 2.50 bits per heavy atom. The summed E-state index contributed by atoms with van der Waals surface area (Å²) < 4.78 is 27.8. The molecular weight excluding hydrogens is 278 g/mol. The number of sulfone groups is 1. The van der Waals surface area contributed by atoms with Crippen molar-refractivity contribution in [3.8, 4) is 0 Å². The van der Waals surface area contributed by atoms with Gasteiger partial charge in [0.15, 0.2) is 9.84 Å². The minimum atomic E-state index is -3.20. The SMILES string of the molecule is CS(=O)(=O)c1ccc(C(O)CNCc2ccco2)cc1. The Bertz CT molecular complexity index is 632. The van der Waals surface area contributed by atoms with Gasteiger partial charge in [-0.05, 0) is 29.8 Å². The summed E-state index contributed by atoms with van der Waals surface area (Å²) in [5, 5.41) is 13.1. The smallest absolute Gasteiger partial charge is 0.175 e. The van der Waals surface area contributed by atoms with Crippen molar-refractivity contribution in [2.45, 2.75) is 17.5 Å². The number of nitrogens with one attached hydrogen (secondary N) is 1. The maximum atomic E-state index is 11.3. The predicted octanol–water partition coefficient (Wildman–Crippen LogP) is 1.51. The molecule has 1 unspecified atom stereocenters. The minimum Gasteiger partial charge on any atom is -0.468 e. The van der Waals surface area contributed by atoms with Gasteiger partial charge in [0.1, 0.15) is 5.76 Å². The van der Waals surface area contributed by atoms with E-state index in [9.17, 15) is 13.5 Å². The van der Waals surface area contributed by atoms with Crippen molar-refractivity contribution >= 4 is 9.84 Å². The lowest BCUT2D eigenvalue weighted by Crippen LogP contribution is -2.20. The minimum absolute atomic E-state index is 0.247. The zero-order valence-corrected chi connectivity index (χ0v) is 11.9. The van der Waals surface area contributed by atoms with Gasteiger partial charge in [-0.3, -0.25) is 0 Å². The fraction of sp³-hybridized carbons (Fsp3) is 0.286. The van der Waals surface area contributed by atoms with Crippen molar-refractivity contribution in [1.82, 2.24) is 5.32 Å². The highest BCUT2D eigenvalue weighted by atomic mass is 32.2. The van der Waals surface area contributed by atoms with Crippen molar-refractivity contribution in [3.63, 3.8) is 0 Å². The van der Waals surface area contributed by atoms with Gasteiger partial charge in [-0.1, -0.05) is 12.1 Å². The van der Waals surface area contributed by atoms with E-state index in [2.05, 4.69) is 5.32 Å². The van der Waals surface area contributed by atoms with Gasteiger partial charge in [0, 0.05) is 12.8 Å². The Balaban J connectivity index is 1.90. The first-order valence-electron chi connectivity index (χ1n) is 6.18. The first-order chi connectivity index (χ1) is 9.47. The van der Waals surface area contributed by atoms with Crippen LogP contribution in [-0.4, -0.2) is 26.3 Å². The summed E-state index contributed by atoms with van der Waals surface area (Å²) in [6, 6.07) is 9.89. The van der Waals surface area contributed by atoms with E-state index in [0.717, 1.165) is 12.0 Å². The molecule has 0 saturated carbocycles. The van der Waals surface area contributed by atoms with Crippen LogP contribution in [0.3, 0.4) is 0 Å². The quantitative estimate of drug-likeness (QED) is 0.844. The molecule has 0 fully saturated rings. The van der Waals surface area contributed by atoms with Gasteiger partial charge < -0.3 is 14.8 Å². The molecule has 0 aliphatic heterocycles. The van der Waals surface area contributed by atoms with E-state index in [1.165, 1.54) is 12.1 Å². The number of rotatable bonds is 6. The summed E-state index contributed by atoms with van der Waals surface area (Å²) in [5.41, 5.74) is 0.671. The zero-order valence-electron chi connectivity index (χ0n) is 11.1. The third-order valence-electron chi connectivity index (χ3n) is 2.91. The normalized spacial score (nSPS) is 13.3. The van der Waals surface area contributed by atoms with E-state index in [4.69, 9.17) is 4.42 Å². The highest BCUT2D eigenvalue weighted by Crippen LogP contribution is 2.16. The van der Waals surface area contributed by atoms with Gasteiger partial charge in [0.25, 0.3) is 0 Å². The fourth-order valence-corrected chi connectivity index (χ4v) is 2.43. The molecule has 5 nitrogen and oxygen atoms in total. The molecule has 0 bridgehead atoms. The second-order valence-corrected chi connectivity index (χ2v) is 6.58. The summed E-state index contributed by atoms with van der Waals surface area (Å²) >= 11 is 0. The number of aliphatic hydroxyl groups excluding tert-OH is 1. The Labute approximate surface area is 118 Å². The molecule has 0 spiro atoms. The lowest BCUT2D eigenvalue weighted by Gasteiger charge is -2.12.